The molecule has 0 atom stereocenters. The number of ether oxygens (including phenoxy) is 2. The van der Waals surface area contributed by atoms with E-state index in [0.29, 0.717) is 5.56 Å². The van der Waals surface area contributed by atoms with Crippen molar-refractivity contribution >= 4 is 17.7 Å². The number of benzene rings is 2. The van der Waals surface area contributed by atoms with Crippen LogP contribution in [0.15, 0.2) is 42.5 Å². The largest absolute Gasteiger partial charge is 0.465 e. The van der Waals surface area contributed by atoms with Crippen molar-refractivity contribution in [3.8, 4) is 11.1 Å². The van der Waals surface area contributed by atoms with Crippen LogP contribution < -0.4 is 0 Å². The van der Waals surface area contributed by atoms with Crippen LogP contribution in [-0.2, 0) is 31.9 Å². The fourth-order valence-electron chi connectivity index (χ4n) is 3.67. The van der Waals surface area contributed by atoms with Crippen LogP contribution in [0.5, 0.6) is 0 Å². The van der Waals surface area contributed by atoms with Gasteiger partial charge in [0, 0.05) is 12.0 Å². The number of rotatable bonds is 7. The van der Waals surface area contributed by atoms with Crippen molar-refractivity contribution in [2.75, 3.05) is 13.2 Å². The van der Waals surface area contributed by atoms with E-state index in [4.69, 9.17) is 9.47 Å². The molecule has 146 valence electrons. The molecule has 2 aromatic carbocycles. The SMILES string of the molecule is CCOC(=O)C(CC(=O)c1cccc2c1CCc1ccccc1-2)C(=O)OCC. The van der Waals surface area contributed by atoms with Gasteiger partial charge < -0.3 is 9.47 Å². The Labute approximate surface area is 164 Å². The van der Waals surface area contributed by atoms with Crippen LogP contribution >= 0.6 is 0 Å². The molecule has 1 aliphatic rings. The number of hydrogen-bond donors (Lipinski definition) is 0. The van der Waals surface area contributed by atoms with Gasteiger partial charge in [0.25, 0.3) is 0 Å². The summed E-state index contributed by atoms with van der Waals surface area (Å²) in [4.78, 5) is 37.4. The molecule has 0 saturated heterocycles. The number of aryl methyl sites for hydroxylation is 1. The van der Waals surface area contributed by atoms with Crippen LogP contribution in [0.2, 0.25) is 0 Å². The normalized spacial score (nSPS) is 12.1. The number of carbonyl (C=O) groups is 3. The molecule has 0 aromatic heterocycles. The molecular formula is C23H24O5. The summed E-state index contributed by atoms with van der Waals surface area (Å²) in [5.41, 5.74) is 4.96. The number of hydrogen-bond acceptors (Lipinski definition) is 5. The Balaban J connectivity index is 1.91. The Bertz CT molecular complexity index is 882. The van der Waals surface area contributed by atoms with Crippen molar-refractivity contribution in [3.05, 3.63) is 59.2 Å². The topological polar surface area (TPSA) is 69.7 Å². The van der Waals surface area contributed by atoms with Gasteiger partial charge in [0.15, 0.2) is 11.7 Å². The van der Waals surface area contributed by atoms with Crippen LogP contribution in [0.1, 0.15) is 41.8 Å². The lowest BCUT2D eigenvalue weighted by molar-refractivity contribution is -0.161. The second-order valence-electron chi connectivity index (χ2n) is 6.67. The smallest absolute Gasteiger partial charge is 0.320 e. The summed E-state index contributed by atoms with van der Waals surface area (Å²) in [6.07, 6.45) is 1.35. The standard InChI is InChI=1S/C23H24O5/c1-3-27-22(25)20(23(26)28-4-2)14-21(24)19-11-7-10-17-16-9-6-5-8-15(16)12-13-18(17)19/h5-11,20H,3-4,12-14H2,1-2H3. The molecule has 0 N–H and O–H groups in total. The Morgan fingerprint density at radius 2 is 1.50 bits per heavy atom. The van der Waals surface area contributed by atoms with Crippen molar-refractivity contribution in [2.24, 2.45) is 5.92 Å². The number of Topliss-reactive ketones (excluding diaryl/α,β-unsaturated/α-hetero) is 1. The third-order valence-electron chi connectivity index (χ3n) is 4.96. The van der Waals surface area contributed by atoms with Crippen LogP contribution in [0.4, 0.5) is 0 Å². The first-order valence-electron chi connectivity index (χ1n) is 9.63. The Kier molecular flexibility index (Phi) is 6.24. The Hall–Kier alpha value is -2.95. The molecule has 28 heavy (non-hydrogen) atoms. The van der Waals surface area contributed by atoms with E-state index in [-0.39, 0.29) is 25.4 Å². The highest BCUT2D eigenvalue weighted by molar-refractivity contribution is 6.06. The van der Waals surface area contributed by atoms with Crippen molar-refractivity contribution in [2.45, 2.75) is 33.1 Å². The Morgan fingerprint density at radius 1 is 0.857 bits per heavy atom. The van der Waals surface area contributed by atoms with Gasteiger partial charge in [-0.15, -0.1) is 0 Å². The lowest BCUT2D eigenvalue weighted by Gasteiger charge is -2.22. The Morgan fingerprint density at radius 3 is 2.18 bits per heavy atom. The van der Waals surface area contributed by atoms with Gasteiger partial charge in [-0.05, 0) is 48.9 Å². The predicted octanol–water partition coefficient (Wildman–Crippen LogP) is 3.77. The predicted molar refractivity (Wildman–Crippen MR) is 105 cm³/mol. The zero-order chi connectivity index (χ0) is 20.1. The highest BCUT2D eigenvalue weighted by atomic mass is 16.6. The average Bonchev–Trinajstić information content (AvgIpc) is 2.71. The molecule has 0 aliphatic heterocycles. The number of esters is 2. The zero-order valence-electron chi connectivity index (χ0n) is 16.2. The highest BCUT2D eigenvalue weighted by Gasteiger charge is 2.33. The molecule has 0 saturated carbocycles. The lowest BCUT2D eigenvalue weighted by Crippen LogP contribution is -2.30. The summed E-state index contributed by atoms with van der Waals surface area (Å²) >= 11 is 0. The van der Waals surface area contributed by atoms with Gasteiger partial charge in [-0.25, -0.2) is 0 Å². The molecule has 0 unspecified atom stereocenters. The van der Waals surface area contributed by atoms with Gasteiger partial charge in [0.2, 0.25) is 0 Å². The van der Waals surface area contributed by atoms with E-state index in [2.05, 4.69) is 12.1 Å². The minimum absolute atomic E-state index is 0.139. The summed E-state index contributed by atoms with van der Waals surface area (Å²) < 4.78 is 9.95. The first kappa shape index (κ1) is 19.8. The number of ketones is 1. The lowest BCUT2D eigenvalue weighted by atomic mass is 9.81. The van der Waals surface area contributed by atoms with Crippen LogP contribution in [0.25, 0.3) is 11.1 Å². The molecule has 0 radical (unpaired) electrons. The summed E-state index contributed by atoms with van der Waals surface area (Å²) in [5.74, 6) is -2.92. The quantitative estimate of drug-likeness (QED) is 0.415. The monoisotopic (exact) mass is 380 g/mol. The van der Waals surface area contributed by atoms with Gasteiger partial charge in [-0.2, -0.15) is 0 Å². The number of carbonyl (C=O) groups excluding carboxylic acids is 3. The van der Waals surface area contributed by atoms with Crippen LogP contribution in [0.3, 0.4) is 0 Å². The van der Waals surface area contributed by atoms with Crippen LogP contribution in [0, 0.1) is 5.92 Å². The van der Waals surface area contributed by atoms with Gasteiger partial charge in [-0.1, -0.05) is 42.5 Å². The molecular weight excluding hydrogens is 356 g/mol. The molecule has 3 rings (SSSR count). The first-order valence-corrected chi connectivity index (χ1v) is 9.63. The molecule has 5 heteroatoms. The van der Waals surface area contributed by atoms with E-state index >= 15 is 0 Å². The highest BCUT2D eigenvalue weighted by Crippen LogP contribution is 2.35. The molecule has 2 aromatic rings. The third kappa shape index (κ3) is 3.98. The maximum atomic E-state index is 13.0. The molecule has 0 amide bonds. The minimum atomic E-state index is -1.24. The van der Waals surface area contributed by atoms with Crippen molar-refractivity contribution in [1.82, 2.24) is 0 Å². The summed E-state index contributed by atoms with van der Waals surface area (Å²) in [7, 11) is 0. The van der Waals surface area contributed by atoms with E-state index in [1.54, 1.807) is 19.9 Å². The molecule has 5 nitrogen and oxygen atoms in total. The maximum Gasteiger partial charge on any atom is 0.320 e. The molecule has 1 aliphatic carbocycles. The maximum absolute atomic E-state index is 13.0. The number of fused-ring (bicyclic) bond motifs is 3. The third-order valence-corrected chi connectivity index (χ3v) is 4.96. The van der Waals surface area contributed by atoms with Gasteiger partial charge in [0.05, 0.1) is 13.2 Å². The molecule has 0 spiro atoms. The van der Waals surface area contributed by atoms with Gasteiger partial charge in [-0.3, -0.25) is 14.4 Å². The van der Waals surface area contributed by atoms with E-state index in [1.165, 1.54) is 5.56 Å². The van der Waals surface area contributed by atoms with Gasteiger partial charge in [0.1, 0.15) is 0 Å². The molecule has 0 fully saturated rings. The minimum Gasteiger partial charge on any atom is -0.465 e. The van der Waals surface area contributed by atoms with E-state index < -0.39 is 17.9 Å². The molecule has 0 heterocycles. The fraction of sp³-hybridized carbons (Fsp3) is 0.348. The van der Waals surface area contributed by atoms with Crippen molar-refractivity contribution in [1.29, 1.82) is 0 Å². The zero-order valence-corrected chi connectivity index (χ0v) is 16.2. The van der Waals surface area contributed by atoms with E-state index in [0.717, 1.165) is 29.5 Å². The second-order valence-corrected chi connectivity index (χ2v) is 6.67. The first-order chi connectivity index (χ1) is 13.6. The van der Waals surface area contributed by atoms with Crippen molar-refractivity contribution < 1.29 is 23.9 Å². The van der Waals surface area contributed by atoms with E-state index in [1.807, 2.05) is 24.3 Å². The summed E-state index contributed by atoms with van der Waals surface area (Å²) in [6.45, 7) is 3.60. The van der Waals surface area contributed by atoms with Gasteiger partial charge >= 0.3 is 11.9 Å². The van der Waals surface area contributed by atoms with Crippen LogP contribution in [-0.4, -0.2) is 30.9 Å². The summed E-state index contributed by atoms with van der Waals surface area (Å²) in [6, 6.07) is 13.8. The molecule has 0 bridgehead atoms. The fourth-order valence-corrected chi connectivity index (χ4v) is 3.67. The average molecular weight is 380 g/mol. The van der Waals surface area contributed by atoms with Crippen molar-refractivity contribution in [3.63, 3.8) is 0 Å². The van der Waals surface area contributed by atoms with E-state index in [9.17, 15) is 14.4 Å². The summed E-state index contributed by atoms with van der Waals surface area (Å²) in [5, 5.41) is 0. The second kappa shape index (κ2) is 8.83.